The van der Waals surface area contributed by atoms with E-state index in [0.717, 1.165) is 11.0 Å². The highest BCUT2D eigenvalue weighted by atomic mass is 32.1. The first-order chi connectivity index (χ1) is 9.26. The third-order valence-corrected chi connectivity index (χ3v) is 4.16. The van der Waals surface area contributed by atoms with Gasteiger partial charge in [0.25, 0.3) is 0 Å². The minimum atomic E-state index is -4.13. The van der Waals surface area contributed by atoms with Crippen LogP contribution >= 0.6 is 11.5 Å². The van der Waals surface area contributed by atoms with Crippen molar-refractivity contribution in [3.8, 4) is 0 Å². The quantitative estimate of drug-likeness (QED) is 0.859. The van der Waals surface area contributed by atoms with Gasteiger partial charge in [0.1, 0.15) is 5.82 Å². The van der Waals surface area contributed by atoms with E-state index in [1.54, 1.807) is 0 Å². The Morgan fingerprint density at radius 3 is 2.55 bits per heavy atom. The van der Waals surface area contributed by atoms with Gasteiger partial charge in [-0.1, -0.05) is 13.8 Å². The highest BCUT2D eigenvalue weighted by Crippen LogP contribution is 2.25. The molecule has 0 bridgehead atoms. The van der Waals surface area contributed by atoms with Crippen LogP contribution in [0, 0.1) is 0 Å². The Kier molecular flexibility index (Phi) is 4.53. The van der Waals surface area contributed by atoms with Gasteiger partial charge in [0.15, 0.2) is 0 Å². The van der Waals surface area contributed by atoms with Crippen molar-refractivity contribution in [3.63, 3.8) is 0 Å². The molecular weight excluding hydrogens is 289 g/mol. The second-order valence-electron chi connectivity index (χ2n) is 5.47. The van der Waals surface area contributed by atoms with Crippen LogP contribution in [0.4, 0.5) is 18.3 Å². The van der Waals surface area contributed by atoms with E-state index in [-0.39, 0.29) is 12.0 Å². The third-order valence-electron chi connectivity index (χ3n) is 3.37. The highest BCUT2D eigenvalue weighted by molar-refractivity contribution is 7.09. The molecule has 8 heteroatoms. The molecule has 1 aromatic heterocycles. The number of hydrogen-bond donors (Lipinski definition) is 0. The lowest BCUT2D eigenvalue weighted by molar-refractivity contribution is -0.150. The van der Waals surface area contributed by atoms with Gasteiger partial charge < -0.3 is 4.90 Å². The molecule has 1 fully saturated rings. The van der Waals surface area contributed by atoms with Gasteiger partial charge >= 0.3 is 6.18 Å². The van der Waals surface area contributed by atoms with Gasteiger partial charge in [-0.2, -0.15) is 17.5 Å². The average Bonchev–Trinajstić information content (AvgIpc) is 2.79. The third kappa shape index (κ3) is 3.82. The number of rotatable bonds is 3. The zero-order chi connectivity index (χ0) is 14.9. The summed E-state index contributed by atoms with van der Waals surface area (Å²) in [5, 5.41) is 0.812. The predicted octanol–water partition coefficient (Wildman–Crippen LogP) is 2.73. The molecular formula is C12H19F3N4S. The minimum Gasteiger partial charge on any atom is -0.344 e. The minimum absolute atomic E-state index is 0.142. The van der Waals surface area contributed by atoms with Crippen LogP contribution in [0.1, 0.15) is 32.5 Å². The number of hydrogen-bond acceptors (Lipinski definition) is 5. The summed E-state index contributed by atoms with van der Waals surface area (Å²) < 4.78 is 41.6. The van der Waals surface area contributed by atoms with E-state index < -0.39 is 12.7 Å². The van der Waals surface area contributed by atoms with Crippen LogP contribution in [0.5, 0.6) is 0 Å². The van der Waals surface area contributed by atoms with Gasteiger partial charge in [0.2, 0.25) is 5.13 Å². The molecule has 0 amide bonds. The van der Waals surface area contributed by atoms with Crippen LogP contribution in [0.25, 0.3) is 0 Å². The maximum atomic E-state index is 12.5. The average molecular weight is 308 g/mol. The second kappa shape index (κ2) is 5.85. The second-order valence-corrected chi connectivity index (χ2v) is 6.20. The molecule has 1 aliphatic rings. The van der Waals surface area contributed by atoms with E-state index in [0.29, 0.717) is 19.6 Å². The van der Waals surface area contributed by atoms with E-state index in [4.69, 9.17) is 0 Å². The fourth-order valence-corrected chi connectivity index (χ4v) is 3.07. The molecule has 0 saturated carbocycles. The van der Waals surface area contributed by atoms with Gasteiger partial charge in [-0.25, -0.2) is 4.98 Å². The van der Waals surface area contributed by atoms with Crippen molar-refractivity contribution in [2.24, 2.45) is 0 Å². The van der Waals surface area contributed by atoms with Crippen molar-refractivity contribution in [2.75, 3.05) is 31.1 Å². The van der Waals surface area contributed by atoms with Crippen molar-refractivity contribution >= 4 is 16.7 Å². The summed E-state index contributed by atoms with van der Waals surface area (Å²) in [5.41, 5.74) is 0. The molecule has 4 nitrogen and oxygen atoms in total. The van der Waals surface area contributed by atoms with Crippen molar-refractivity contribution in [1.82, 2.24) is 14.3 Å². The smallest absolute Gasteiger partial charge is 0.344 e. The summed E-state index contributed by atoms with van der Waals surface area (Å²) >= 11 is 1.32. The van der Waals surface area contributed by atoms with Gasteiger partial charge in [-0.3, -0.25) is 4.90 Å². The molecule has 0 aromatic carbocycles. The molecule has 1 aliphatic heterocycles. The van der Waals surface area contributed by atoms with Crippen LogP contribution in [0.2, 0.25) is 0 Å². The Bertz CT molecular complexity index is 446. The summed E-state index contributed by atoms with van der Waals surface area (Å²) in [7, 11) is 0. The lowest BCUT2D eigenvalue weighted by Gasteiger charge is -2.39. The summed E-state index contributed by atoms with van der Waals surface area (Å²) in [5.74, 6) is 1.07. The standard InChI is InChI=1S/C12H19F3N4S/c1-8(2)10-16-11(20-17-10)18-4-5-19(9(3)6-18)7-12(13,14)15/h8-9H,4-7H2,1-3H3. The molecule has 0 N–H and O–H groups in total. The van der Waals surface area contributed by atoms with Gasteiger partial charge in [-0.15, -0.1) is 0 Å². The number of nitrogens with zero attached hydrogens (tertiary/aromatic N) is 4. The summed E-state index contributed by atoms with van der Waals surface area (Å²) in [6.07, 6.45) is -4.13. The molecule has 0 aliphatic carbocycles. The first-order valence-corrected chi connectivity index (χ1v) is 7.43. The summed E-state index contributed by atoms with van der Waals surface area (Å²) in [6.45, 7) is 6.55. The molecule has 2 heterocycles. The molecule has 1 unspecified atom stereocenters. The first kappa shape index (κ1) is 15.5. The Morgan fingerprint density at radius 2 is 2.05 bits per heavy atom. The Hall–Kier alpha value is -0.890. The predicted molar refractivity (Wildman–Crippen MR) is 73.3 cm³/mol. The van der Waals surface area contributed by atoms with E-state index in [9.17, 15) is 13.2 Å². The van der Waals surface area contributed by atoms with E-state index in [1.807, 2.05) is 25.7 Å². The highest BCUT2D eigenvalue weighted by Gasteiger charge is 2.35. The lowest BCUT2D eigenvalue weighted by atomic mass is 10.2. The van der Waals surface area contributed by atoms with Crippen LogP contribution in [0.15, 0.2) is 0 Å². The van der Waals surface area contributed by atoms with Gasteiger partial charge in [0.05, 0.1) is 6.54 Å². The number of alkyl halides is 3. The topological polar surface area (TPSA) is 32.3 Å². The number of anilines is 1. The van der Waals surface area contributed by atoms with Crippen LogP contribution in [0.3, 0.4) is 0 Å². The number of halogens is 3. The molecule has 0 spiro atoms. The van der Waals surface area contributed by atoms with Crippen molar-refractivity contribution < 1.29 is 13.2 Å². The molecule has 0 radical (unpaired) electrons. The zero-order valence-electron chi connectivity index (χ0n) is 11.8. The first-order valence-electron chi connectivity index (χ1n) is 6.65. The Morgan fingerprint density at radius 1 is 1.35 bits per heavy atom. The Balaban J connectivity index is 1.97. The van der Waals surface area contributed by atoms with E-state index >= 15 is 0 Å². The summed E-state index contributed by atoms with van der Waals surface area (Å²) in [6, 6.07) is -0.142. The van der Waals surface area contributed by atoms with Crippen LogP contribution in [-0.4, -0.2) is 52.7 Å². The van der Waals surface area contributed by atoms with E-state index in [2.05, 4.69) is 9.36 Å². The molecule has 1 aromatic rings. The normalized spacial score (nSPS) is 21.8. The lowest BCUT2D eigenvalue weighted by Crippen LogP contribution is -2.54. The monoisotopic (exact) mass is 308 g/mol. The van der Waals surface area contributed by atoms with Crippen LogP contribution < -0.4 is 4.90 Å². The maximum Gasteiger partial charge on any atom is 0.401 e. The summed E-state index contributed by atoms with van der Waals surface area (Å²) in [4.78, 5) is 7.96. The number of aromatic nitrogens is 2. The SMILES string of the molecule is CC(C)c1nsc(N2CCN(CC(F)(F)F)C(C)C2)n1. The molecule has 2 rings (SSSR count). The van der Waals surface area contributed by atoms with Crippen LogP contribution in [-0.2, 0) is 0 Å². The van der Waals surface area contributed by atoms with Crippen molar-refractivity contribution in [3.05, 3.63) is 5.82 Å². The molecule has 114 valence electrons. The fraction of sp³-hybridized carbons (Fsp3) is 0.833. The van der Waals surface area contributed by atoms with Gasteiger partial charge in [-0.05, 0) is 6.92 Å². The van der Waals surface area contributed by atoms with Gasteiger partial charge in [0, 0.05) is 43.1 Å². The maximum absolute atomic E-state index is 12.5. The van der Waals surface area contributed by atoms with E-state index in [1.165, 1.54) is 16.4 Å². The fourth-order valence-electron chi connectivity index (χ4n) is 2.22. The Labute approximate surface area is 120 Å². The number of piperazine rings is 1. The molecule has 1 atom stereocenters. The largest absolute Gasteiger partial charge is 0.401 e. The molecule has 1 saturated heterocycles. The van der Waals surface area contributed by atoms with Crippen molar-refractivity contribution in [2.45, 2.75) is 38.9 Å². The zero-order valence-corrected chi connectivity index (χ0v) is 12.6. The molecule has 20 heavy (non-hydrogen) atoms. The van der Waals surface area contributed by atoms with Crippen molar-refractivity contribution in [1.29, 1.82) is 0 Å².